The highest BCUT2D eigenvalue weighted by molar-refractivity contribution is 7.80. The van der Waals surface area contributed by atoms with Gasteiger partial charge in [-0.1, -0.05) is 96.5 Å². The summed E-state index contributed by atoms with van der Waals surface area (Å²) in [5.41, 5.74) is 14.9. The normalized spacial score (nSPS) is 14.8. The quantitative estimate of drug-likeness (QED) is 0.0171. The van der Waals surface area contributed by atoms with Gasteiger partial charge in [0.25, 0.3) is 0 Å². The number of aromatic hydroxyl groups is 1. The van der Waals surface area contributed by atoms with Crippen LogP contribution >= 0.6 is 25.3 Å². The lowest BCUT2D eigenvalue weighted by atomic mass is 9.97. The number of nitrogens with two attached hydrogens (primary N) is 2. The minimum absolute atomic E-state index is 0.0229. The number of nitrogens with zero attached hydrogens (tertiary/aromatic N) is 1. The van der Waals surface area contributed by atoms with Crippen molar-refractivity contribution in [2.45, 2.75) is 165 Å². The predicted molar refractivity (Wildman–Crippen MR) is 413 cm³/mol. The maximum Gasteiger partial charge on any atom is 0.326 e. The van der Waals surface area contributed by atoms with Crippen LogP contribution in [0.15, 0.2) is 97.7 Å². The van der Waals surface area contributed by atoms with E-state index < -0.39 is 211 Å². The summed E-state index contributed by atoms with van der Waals surface area (Å²) in [5.74, 6) is -18.8. The van der Waals surface area contributed by atoms with Gasteiger partial charge in [0, 0.05) is 83.3 Å². The number of amides is 13. The summed E-state index contributed by atoms with van der Waals surface area (Å²) in [6.07, 6.45) is 3.88. The molecule has 13 atom stereocenters. The van der Waals surface area contributed by atoms with E-state index in [2.05, 4.69) is 109 Å². The lowest BCUT2D eigenvalue weighted by Crippen LogP contribution is -2.61. The van der Waals surface area contributed by atoms with Crippen molar-refractivity contribution < 1.29 is 92.3 Å². The number of rotatable bonds is 45. The van der Waals surface area contributed by atoms with Gasteiger partial charge in [0.1, 0.15) is 72.2 Å². The zero-order chi connectivity index (χ0) is 82.6. The van der Waals surface area contributed by atoms with Crippen molar-refractivity contribution in [3.8, 4) is 5.75 Å². The zero-order valence-electron chi connectivity index (χ0n) is 62.3. The van der Waals surface area contributed by atoms with Crippen LogP contribution in [0.1, 0.15) is 89.6 Å². The van der Waals surface area contributed by atoms with Gasteiger partial charge in [0.2, 0.25) is 76.8 Å². The molecule has 3 heterocycles. The number of benzene rings is 3. The highest BCUT2D eigenvalue weighted by Gasteiger charge is 2.39. The molecular formula is C73H98N18O19S2. The molecule has 0 saturated carbocycles. The van der Waals surface area contributed by atoms with Crippen molar-refractivity contribution in [2.24, 2.45) is 29.2 Å². The minimum atomic E-state index is -1.91. The predicted octanol–water partition coefficient (Wildman–Crippen LogP) is -2.84. The van der Waals surface area contributed by atoms with Gasteiger partial charge in [-0.05, 0) is 65.1 Å². The first-order valence-corrected chi connectivity index (χ1v) is 37.2. The van der Waals surface area contributed by atoms with E-state index in [4.69, 9.17) is 11.5 Å². The molecule has 0 unspecified atom stereocenters. The summed E-state index contributed by atoms with van der Waals surface area (Å²) in [4.78, 5) is 217. The van der Waals surface area contributed by atoms with Crippen LogP contribution in [-0.4, -0.2) is 226 Å². The third-order valence-electron chi connectivity index (χ3n) is 18.1. The fraction of sp³-hybridized carbons (Fsp3) is 0.452. The number of carboxylic acid groups (broad SMARTS) is 2. The van der Waals surface area contributed by atoms with E-state index in [0.29, 0.717) is 44.2 Å². The lowest BCUT2D eigenvalue weighted by Gasteiger charge is -2.28. The van der Waals surface area contributed by atoms with Gasteiger partial charge >= 0.3 is 11.9 Å². The van der Waals surface area contributed by atoms with Crippen LogP contribution in [0.3, 0.4) is 0 Å². The SMILES string of the molecule is CC[C@H](C)[C@H](NC(=O)[C@H](CC(=O)O)NC(=O)[C@H](CS)NC(=O)[C@@H](NC(=O)CNC(=O)[C@H](Cc1c[nH]c2ccccc12)NC(=O)[C@H](CC(C)C)NC(=O)[C@H](CO)NC(=O)[C@H](CS)NC(=O)[C@H](Cc1c[nH]c2ccccc12)NC(=O)[C@H](Cc1ccc(O)cc1)NC(=O)[C@@H](N)Cc1cnc[nH]1)C(C)C)C(=O)N[C@@H](CC(N)=O)C(=O)O. The molecule has 6 aromatic rings. The van der Waals surface area contributed by atoms with Gasteiger partial charge in [-0.2, -0.15) is 25.3 Å². The first kappa shape index (κ1) is 89.3. The number of carboxylic acids is 2. The molecule has 0 aliphatic rings. The summed E-state index contributed by atoms with van der Waals surface area (Å²) >= 11 is 8.51. The first-order valence-electron chi connectivity index (χ1n) is 35.9. The van der Waals surface area contributed by atoms with E-state index in [-0.39, 0.29) is 50.2 Å². The number of hydrogen-bond donors (Lipinski definition) is 23. The van der Waals surface area contributed by atoms with E-state index in [0.717, 1.165) is 0 Å². The van der Waals surface area contributed by atoms with Crippen LogP contribution in [0.25, 0.3) is 21.8 Å². The average molecular weight is 1600 g/mol. The Morgan fingerprint density at radius 2 is 0.946 bits per heavy atom. The minimum Gasteiger partial charge on any atom is -0.508 e. The third kappa shape index (κ3) is 26.9. The van der Waals surface area contributed by atoms with Gasteiger partial charge in [-0.15, -0.1) is 0 Å². The number of carbonyl (C=O) groups excluding carboxylic acids is 13. The Morgan fingerprint density at radius 3 is 1.45 bits per heavy atom. The van der Waals surface area contributed by atoms with Gasteiger partial charge in [0.15, 0.2) is 0 Å². The molecule has 13 amide bonds. The second kappa shape index (κ2) is 43.1. The summed E-state index contributed by atoms with van der Waals surface area (Å²) in [7, 11) is 0. The molecule has 37 nitrogen and oxygen atoms in total. The Labute approximate surface area is 654 Å². The van der Waals surface area contributed by atoms with Crippen LogP contribution in [0.2, 0.25) is 0 Å². The molecule has 23 N–H and O–H groups in total. The third-order valence-corrected chi connectivity index (χ3v) is 18.8. The number of phenols is 1. The van der Waals surface area contributed by atoms with Crippen molar-refractivity contribution in [3.05, 3.63) is 120 Å². The Bertz CT molecular complexity index is 4310. The van der Waals surface area contributed by atoms with Crippen molar-refractivity contribution >= 4 is 136 Å². The number of aromatic amines is 3. The number of thiol groups is 2. The lowest BCUT2D eigenvalue weighted by molar-refractivity contribution is -0.144. The number of nitrogens with one attached hydrogen (secondary N) is 15. The van der Waals surface area contributed by atoms with Gasteiger partial charge < -0.3 is 111 Å². The summed E-state index contributed by atoms with van der Waals surface area (Å²) < 4.78 is 0. The first-order chi connectivity index (χ1) is 53.1. The summed E-state index contributed by atoms with van der Waals surface area (Å²) in [5, 5.41) is 71.0. The largest absolute Gasteiger partial charge is 0.508 e. The smallest absolute Gasteiger partial charge is 0.326 e. The van der Waals surface area contributed by atoms with E-state index >= 15 is 0 Å². The fourth-order valence-corrected chi connectivity index (χ4v) is 12.3. The van der Waals surface area contributed by atoms with Crippen molar-refractivity contribution in [3.63, 3.8) is 0 Å². The molecule has 0 radical (unpaired) electrons. The number of phenolic OH excluding ortho intramolecular Hbond substituents is 1. The highest BCUT2D eigenvalue weighted by atomic mass is 32.1. The molecule has 0 saturated heterocycles. The van der Waals surface area contributed by atoms with Crippen LogP contribution in [0.4, 0.5) is 0 Å². The molecule has 606 valence electrons. The number of aliphatic hydroxyl groups is 1. The van der Waals surface area contributed by atoms with Crippen molar-refractivity contribution in [1.82, 2.24) is 83.7 Å². The summed E-state index contributed by atoms with van der Waals surface area (Å²) in [6.45, 7) is 7.76. The van der Waals surface area contributed by atoms with Gasteiger partial charge in [0.05, 0.1) is 38.4 Å². The number of primary amides is 1. The Balaban J connectivity index is 1.14. The number of para-hydroxylation sites is 2. The number of hydrogen-bond acceptors (Lipinski definition) is 21. The molecule has 6 rings (SSSR count). The van der Waals surface area contributed by atoms with Crippen LogP contribution in [0, 0.1) is 17.8 Å². The van der Waals surface area contributed by atoms with E-state index in [1.54, 1.807) is 81.7 Å². The number of H-pyrrole nitrogens is 3. The molecule has 0 bridgehead atoms. The monoisotopic (exact) mass is 1590 g/mol. The number of carbonyl (C=O) groups is 15. The van der Waals surface area contributed by atoms with E-state index in [9.17, 15) is 92.3 Å². The Morgan fingerprint density at radius 1 is 0.491 bits per heavy atom. The number of imidazole rings is 1. The van der Waals surface area contributed by atoms with Gasteiger partial charge in [-0.3, -0.25) is 67.1 Å². The second-order valence-electron chi connectivity index (χ2n) is 27.6. The number of aliphatic carboxylic acids is 2. The molecule has 39 heteroatoms. The van der Waals surface area contributed by atoms with Gasteiger partial charge in [-0.25, -0.2) is 9.78 Å². The molecule has 3 aromatic heterocycles. The molecular weight excluding hydrogens is 1500 g/mol. The van der Waals surface area contributed by atoms with E-state index in [1.165, 1.54) is 57.6 Å². The Hall–Kier alpha value is -11.6. The molecule has 0 aliphatic carbocycles. The standard InChI is InChI=1S/C73H98N18O19S2/c1-7-37(6)61(72(108)86-53(73(109)110)25-57(75)94)91-67(103)52(26-59(96)97)85-69(105)56(33-112)89-71(107)60(36(4)5)90-58(95)30-79-63(99)50(22-39-27-77-46-14-10-8-12-43(39)46)83-64(100)48(20-35(2)3)82-68(104)54(31-92)87-70(106)55(32-111)88-66(102)51(23-40-28-78-47-15-11-9-13-44(40)47)84-65(101)49(21-38-16-18-42(93)19-17-38)81-62(98)45(74)24-41-29-76-34-80-41/h8-19,27-29,34-37,45,48-56,60-61,77-78,92-93,111-112H,7,20-26,30-33,74H2,1-6H3,(H2,75,94)(H,76,80)(H,79,99)(H,81,98)(H,82,104)(H,83,100)(H,84,101)(H,85,105)(H,86,108)(H,87,106)(H,88,102)(H,89,107)(H,90,95)(H,91,103)(H,96,97)(H,109,110)/t37-,45-,48-,49-,50-,51-,52-,53-,54-,55-,56-,60-,61-/m0/s1. The number of aliphatic hydroxyl groups excluding tert-OH is 1. The molecule has 112 heavy (non-hydrogen) atoms. The maximum absolute atomic E-state index is 14.6. The number of aromatic nitrogens is 4. The van der Waals surface area contributed by atoms with Crippen molar-refractivity contribution in [2.75, 3.05) is 24.7 Å². The zero-order valence-corrected chi connectivity index (χ0v) is 64.1. The van der Waals surface area contributed by atoms with Crippen LogP contribution in [0.5, 0.6) is 5.75 Å². The molecule has 3 aromatic carbocycles. The second-order valence-corrected chi connectivity index (χ2v) is 28.3. The topological polar surface area (TPSA) is 594 Å². The van der Waals surface area contributed by atoms with E-state index in [1.807, 2.05) is 0 Å². The maximum atomic E-state index is 14.6. The molecule has 0 fully saturated rings. The summed E-state index contributed by atoms with van der Waals surface area (Å²) in [6, 6.07) is 1.36. The number of fused-ring (bicyclic) bond motifs is 2. The van der Waals surface area contributed by atoms with Crippen LogP contribution in [-0.2, 0) is 97.6 Å². The highest BCUT2D eigenvalue weighted by Crippen LogP contribution is 2.23. The Kier molecular flexibility index (Phi) is 34.4. The van der Waals surface area contributed by atoms with Crippen LogP contribution < -0.4 is 75.3 Å². The molecule has 0 spiro atoms. The average Bonchev–Trinajstić information content (AvgIpc) is 1.68. The fourth-order valence-electron chi connectivity index (χ4n) is 11.8. The molecule has 0 aliphatic heterocycles. The van der Waals surface area contributed by atoms with Crippen molar-refractivity contribution in [1.29, 1.82) is 0 Å².